The maximum atomic E-state index is 13.9. The van der Waals surface area contributed by atoms with Crippen molar-refractivity contribution in [2.24, 2.45) is 7.05 Å². The average Bonchev–Trinajstić information content (AvgIpc) is 2.96. The summed E-state index contributed by atoms with van der Waals surface area (Å²) in [6.45, 7) is 7.96. The molecule has 30 heavy (non-hydrogen) atoms. The molecular weight excluding hydrogens is 392 g/mol. The van der Waals surface area contributed by atoms with E-state index in [1.807, 2.05) is 93.9 Å². The Bertz CT molecular complexity index is 1310. The Morgan fingerprint density at radius 1 is 0.800 bits per heavy atom. The first-order valence-electron chi connectivity index (χ1n) is 9.95. The summed E-state index contributed by atoms with van der Waals surface area (Å²) in [6, 6.07) is 20.8. The van der Waals surface area contributed by atoms with Crippen LogP contribution < -0.4 is 4.31 Å². The monoisotopic (exact) mass is 418 g/mol. The van der Waals surface area contributed by atoms with Crippen LogP contribution in [0.3, 0.4) is 0 Å². The van der Waals surface area contributed by atoms with Gasteiger partial charge in [0.15, 0.2) is 0 Å². The van der Waals surface area contributed by atoms with Crippen LogP contribution in [0, 0.1) is 27.7 Å². The molecule has 0 radical (unpaired) electrons. The lowest BCUT2D eigenvalue weighted by Gasteiger charge is -2.26. The summed E-state index contributed by atoms with van der Waals surface area (Å²) < 4.78 is 31.3. The molecule has 0 atom stereocenters. The molecule has 0 saturated carbocycles. The van der Waals surface area contributed by atoms with Crippen molar-refractivity contribution in [3.05, 3.63) is 89.0 Å². The SMILES string of the molecule is Cc1ccc(S(=O)(=O)N(c2ccc(C)c(C)c2)c2c(C)c3ccccc3n2C)cc1. The lowest BCUT2D eigenvalue weighted by molar-refractivity contribution is 0.595. The van der Waals surface area contributed by atoms with Crippen LogP contribution in [-0.4, -0.2) is 13.0 Å². The van der Waals surface area contributed by atoms with Gasteiger partial charge in [-0.2, -0.15) is 0 Å². The predicted molar refractivity (Wildman–Crippen MR) is 124 cm³/mol. The molecule has 0 spiro atoms. The quantitative estimate of drug-likeness (QED) is 0.412. The van der Waals surface area contributed by atoms with Crippen LogP contribution in [0.5, 0.6) is 0 Å². The van der Waals surface area contributed by atoms with E-state index in [2.05, 4.69) is 0 Å². The zero-order valence-corrected chi connectivity index (χ0v) is 18.8. The second-order valence-electron chi connectivity index (χ2n) is 7.88. The number of anilines is 2. The number of aromatic nitrogens is 1. The second-order valence-corrected chi connectivity index (χ2v) is 9.66. The molecule has 3 aromatic carbocycles. The molecule has 0 amide bonds. The number of rotatable bonds is 4. The molecule has 1 aromatic heterocycles. The number of sulfonamides is 1. The summed E-state index contributed by atoms with van der Waals surface area (Å²) in [6.07, 6.45) is 0. The van der Waals surface area contributed by atoms with E-state index in [1.165, 1.54) is 4.31 Å². The van der Waals surface area contributed by atoms with Crippen LogP contribution in [0.4, 0.5) is 11.5 Å². The van der Waals surface area contributed by atoms with Gasteiger partial charge in [0, 0.05) is 23.5 Å². The zero-order chi connectivity index (χ0) is 21.6. The van der Waals surface area contributed by atoms with Gasteiger partial charge >= 0.3 is 0 Å². The third-order valence-electron chi connectivity index (χ3n) is 5.80. The summed E-state index contributed by atoms with van der Waals surface area (Å²) in [5.41, 5.74) is 5.76. The van der Waals surface area contributed by atoms with Crippen molar-refractivity contribution in [2.45, 2.75) is 32.6 Å². The van der Waals surface area contributed by atoms with Crippen molar-refractivity contribution in [3.8, 4) is 0 Å². The van der Waals surface area contributed by atoms with E-state index in [9.17, 15) is 8.42 Å². The number of benzene rings is 3. The van der Waals surface area contributed by atoms with E-state index in [1.54, 1.807) is 12.1 Å². The maximum Gasteiger partial charge on any atom is 0.269 e. The molecule has 154 valence electrons. The van der Waals surface area contributed by atoms with Crippen LogP contribution in [0.15, 0.2) is 71.6 Å². The van der Waals surface area contributed by atoms with E-state index < -0.39 is 10.0 Å². The Hall–Kier alpha value is -3.05. The Kier molecular flexibility index (Phi) is 4.94. The first-order chi connectivity index (χ1) is 14.2. The van der Waals surface area contributed by atoms with Gasteiger partial charge in [0.2, 0.25) is 0 Å². The summed E-state index contributed by atoms with van der Waals surface area (Å²) in [5, 5.41) is 1.04. The van der Waals surface area contributed by atoms with Crippen molar-refractivity contribution in [2.75, 3.05) is 4.31 Å². The molecule has 0 aliphatic heterocycles. The molecule has 5 heteroatoms. The molecule has 0 fully saturated rings. The Morgan fingerprint density at radius 3 is 2.10 bits per heavy atom. The van der Waals surface area contributed by atoms with Gasteiger partial charge in [-0.1, -0.05) is 42.0 Å². The maximum absolute atomic E-state index is 13.9. The van der Waals surface area contributed by atoms with E-state index in [0.717, 1.165) is 33.2 Å². The van der Waals surface area contributed by atoms with Gasteiger partial charge < -0.3 is 4.57 Å². The first kappa shape index (κ1) is 20.2. The second kappa shape index (κ2) is 7.33. The van der Waals surface area contributed by atoms with E-state index in [4.69, 9.17) is 0 Å². The molecule has 1 heterocycles. The Balaban J connectivity index is 2.05. The van der Waals surface area contributed by atoms with Gasteiger partial charge in [-0.15, -0.1) is 0 Å². The van der Waals surface area contributed by atoms with Crippen molar-refractivity contribution in [3.63, 3.8) is 0 Å². The van der Waals surface area contributed by atoms with Gasteiger partial charge in [0.1, 0.15) is 5.82 Å². The normalized spacial score (nSPS) is 11.8. The largest absolute Gasteiger partial charge is 0.329 e. The zero-order valence-electron chi connectivity index (χ0n) is 18.0. The van der Waals surface area contributed by atoms with Crippen LogP contribution >= 0.6 is 0 Å². The highest BCUT2D eigenvalue weighted by Gasteiger charge is 2.31. The molecule has 4 aromatic rings. The number of hydrogen-bond acceptors (Lipinski definition) is 2. The van der Waals surface area contributed by atoms with Crippen molar-refractivity contribution in [1.82, 2.24) is 4.57 Å². The molecule has 0 aliphatic carbocycles. The molecule has 4 nitrogen and oxygen atoms in total. The van der Waals surface area contributed by atoms with Gasteiger partial charge in [-0.05, 0) is 69.2 Å². The van der Waals surface area contributed by atoms with Crippen molar-refractivity contribution < 1.29 is 8.42 Å². The fraction of sp³-hybridized carbons (Fsp3) is 0.200. The number of nitrogens with zero attached hydrogens (tertiary/aromatic N) is 2. The van der Waals surface area contributed by atoms with Crippen LogP contribution in [0.2, 0.25) is 0 Å². The molecule has 0 saturated heterocycles. The predicted octanol–water partition coefficient (Wildman–Crippen LogP) is 5.94. The molecule has 0 unspecified atom stereocenters. The van der Waals surface area contributed by atoms with Gasteiger partial charge in [0.25, 0.3) is 10.0 Å². The summed E-state index contributed by atoms with van der Waals surface area (Å²) in [4.78, 5) is 0.274. The van der Waals surface area contributed by atoms with Crippen LogP contribution in [0.1, 0.15) is 22.3 Å². The minimum atomic E-state index is -3.83. The van der Waals surface area contributed by atoms with Crippen LogP contribution in [-0.2, 0) is 17.1 Å². The Labute approximate surface area is 178 Å². The highest BCUT2D eigenvalue weighted by atomic mass is 32.2. The third-order valence-corrected chi connectivity index (χ3v) is 7.53. The fourth-order valence-corrected chi connectivity index (χ4v) is 5.47. The molecule has 0 bridgehead atoms. The fourth-order valence-electron chi connectivity index (χ4n) is 3.90. The van der Waals surface area contributed by atoms with E-state index >= 15 is 0 Å². The number of hydrogen-bond donors (Lipinski definition) is 0. The number of para-hydroxylation sites is 1. The van der Waals surface area contributed by atoms with E-state index in [-0.39, 0.29) is 4.90 Å². The average molecular weight is 419 g/mol. The minimum absolute atomic E-state index is 0.274. The van der Waals surface area contributed by atoms with E-state index in [0.29, 0.717) is 11.5 Å². The first-order valence-corrected chi connectivity index (χ1v) is 11.4. The Morgan fingerprint density at radius 2 is 1.47 bits per heavy atom. The minimum Gasteiger partial charge on any atom is -0.329 e. The van der Waals surface area contributed by atoms with Gasteiger partial charge in [-0.25, -0.2) is 12.7 Å². The highest BCUT2D eigenvalue weighted by molar-refractivity contribution is 7.93. The summed E-state index contributed by atoms with van der Waals surface area (Å²) >= 11 is 0. The number of aryl methyl sites for hydroxylation is 5. The topological polar surface area (TPSA) is 42.3 Å². The molecule has 4 rings (SSSR count). The third kappa shape index (κ3) is 3.19. The highest BCUT2D eigenvalue weighted by Crippen LogP contribution is 2.39. The van der Waals surface area contributed by atoms with Crippen LogP contribution in [0.25, 0.3) is 10.9 Å². The van der Waals surface area contributed by atoms with Gasteiger partial charge in [-0.3, -0.25) is 0 Å². The molecule has 0 N–H and O–H groups in total. The molecular formula is C25H26N2O2S. The standard InChI is InChI=1S/C25H26N2O2S/c1-17-10-14-22(15-11-17)30(28,29)27(21-13-12-18(2)19(3)16-21)25-20(4)23-8-6-7-9-24(23)26(25)5/h6-16H,1-5H3. The summed E-state index contributed by atoms with van der Waals surface area (Å²) in [7, 11) is -1.91. The van der Waals surface area contributed by atoms with Crippen molar-refractivity contribution >= 4 is 32.4 Å². The summed E-state index contributed by atoms with van der Waals surface area (Å²) in [5.74, 6) is 0.653. The van der Waals surface area contributed by atoms with Gasteiger partial charge in [0.05, 0.1) is 10.6 Å². The lowest BCUT2D eigenvalue weighted by atomic mass is 10.1. The number of fused-ring (bicyclic) bond motifs is 1. The smallest absolute Gasteiger partial charge is 0.269 e. The lowest BCUT2D eigenvalue weighted by Crippen LogP contribution is -2.28. The molecule has 0 aliphatic rings. The van der Waals surface area contributed by atoms with Crippen molar-refractivity contribution in [1.29, 1.82) is 0 Å².